The molecule has 0 unspecified atom stereocenters. The van der Waals surface area contributed by atoms with Crippen LogP contribution in [0.15, 0.2) is 42.5 Å². The molecule has 168 valence electrons. The number of amides is 2. The standard InChI is InChI=1S/C23H25Cl2N5O2/c1-14-8-9-15(2)19(10-14)30-20(11-16(3)28-30)26-21(31)12-29(4)13-22(32)27-23-17(24)6-5-7-18(23)25/h5-11H,12-13H2,1-4H3,(H,26,31)(H,27,32). The zero-order valence-electron chi connectivity index (χ0n) is 18.4. The highest BCUT2D eigenvalue weighted by molar-refractivity contribution is 6.39. The Hall–Kier alpha value is -2.87. The molecule has 2 aromatic carbocycles. The quantitative estimate of drug-likeness (QED) is 0.524. The van der Waals surface area contributed by atoms with Gasteiger partial charge in [0, 0.05) is 6.07 Å². The van der Waals surface area contributed by atoms with Crippen molar-refractivity contribution in [1.29, 1.82) is 0 Å². The van der Waals surface area contributed by atoms with Crippen molar-refractivity contribution in [3.05, 3.63) is 69.3 Å². The number of likely N-dealkylation sites (N-methyl/N-ethyl adjacent to an activating group) is 1. The number of nitrogens with one attached hydrogen (secondary N) is 2. The van der Waals surface area contributed by atoms with Gasteiger partial charge in [-0.1, -0.05) is 41.4 Å². The third-order valence-corrected chi connectivity index (χ3v) is 5.38. The fraction of sp³-hybridized carbons (Fsp3) is 0.261. The van der Waals surface area contributed by atoms with Crippen LogP contribution in [0.1, 0.15) is 16.8 Å². The summed E-state index contributed by atoms with van der Waals surface area (Å²) in [5.41, 5.74) is 4.18. The normalized spacial score (nSPS) is 11.0. The smallest absolute Gasteiger partial charge is 0.239 e. The van der Waals surface area contributed by atoms with E-state index in [1.807, 2.05) is 45.0 Å². The van der Waals surface area contributed by atoms with Crippen LogP contribution in [0, 0.1) is 20.8 Å². The van der Waals surface area contributed by atoms with Crippen LogP contribution in [0.5, 0.6) is 0 Å². The number of para-hydroxylation sites is 1. The summed E-state index contributed by atoms with van der Waals surface area (Å²) >= 11 is 12.2. The maximum atomic E-state index is 12.6. The van der Waals surface area contributed by atoms with E-state index < -0.39 is 0 Å². The van der Waals surface area contributed by atoms with Gasteiger partial charge in [-0.05, 0) is 57.1 Å². The van der Waals surface area contributed by atoms with Gasteiger partial charge in [-0.15, -0.1) is 0 Å². The summed E-state index contributed by atoms with van der Waals surface area (Å²) in [6.07, 6.45) is 0. The number of aromatic nitrogens is 2. The molecule has 1 aromatic heterocycles. The number of rotatable bonds is 7. The third kappa shape index (κ3) is 5.88. The molecular formula is C23H25Cl2N5O2. The summed E-state index contributed by atoms with van der Waals surface area (Å²) in [7, 11) is 1.68. The first kappa shape index (κ1) is 23.8. The van der Waals surface area contributed by atoms with Gasteiger partial charge in [0.25, 0.3) is 0 Å². The second kappa shape index (κ2) is 10.2. The van der Waals surface area contributed by atoms with E-state index in [1.165, 1.54) is 0 Å². The lowest BCUT2D eigenvalue weighted by Crippen LogP contribution is -2.36. The van der Waals surface area contributed by atoms with Gasteiger partial charge in [0.05, 0.1) is 40.2 Å². The molecule has 2 N–H and O–H groups in total. The SMILES string of the molecule is Cc1ccc(C)c(-n2nc(C)cc2NC(=O)CN(C)CC(=O)Nc2c(Cl)cccc2Cl)c1. The zero-order chi connectivity index (χ0) is 23.4. The predicted octanol–water partition coefficient (Wildman–Crippen LogP) is 4.61. The van der Waals surface area contributed by atoms with E-state index in [0.717, 1.165) is 22.5 Å². The highest BCUT2D eigenvalue weighted by Crippen LogP contribution is 2.29. The van der Waals surface area contributed by atoms with Crippen molar-refractivity contribution in [2.75, 3.05) is 30.8 Å². The molecule has 3 aromatic rings. The van der Waals surface area contributed by atoms with E-state index in [-0.39, 0.29) is 24.9 Å². The van der Waals surface area contributed by atoms with Crippen molar-refractivity contribution in [3.8, 4) is 5.69 Å². The molecule has 0 saturated carbocycles. The summed E-state index contributed by atoms with van der Waals surface area (Å²) in [6, 6.07) is 12.9. The second-order valence-corrected chi connectivity index (χ2v) is 8.55. The summed E-state index contributed by atoms with van der Waals surface area (Å²) in [5.74, 6) is -0.0176. The predicted molar refractivity (Wildman–Crippen MR) is 129 cm³/mol. The van der Waals surface area contributed by atoms with E-state index in [2.05, 4.69) is 15.7 Å². The minimum atomic E-state index is -0.327. The van der Waals surface area contributed by atoms with Gasteiger partial charge in [-0.2, -0.15) is 5.10 Å². The average molecular weight is 474 g/mol. The Balaban J connectivity index is 1.64. The molecule has 7 nitrogen and oxygen atoms in total. The molecule has 1 heterocycles. The molecule has 2 amide bonds. The number of halogens is 2. The maximum absolute atomic E-state index is 12.6. The van der Waals surface area contributed by atoms with Crippen LogP contribution in [0.25, 0.3) is 5.69 Å². The van der Waals surface area contributed by atoms with E-state index in [0.29, 0.717) is 21.6 Å². The van der Waals surface area contributed by atoms with E-state index >= 15 is 0 Å². The van der Waals surface area contributed by atoms with Crippen LogP contribution in [-0.2, 0) is 9.59 Å². The first-order chi connectivity index (χ1) is 15.1. The number of aryl methyl sites for hydroxylation is 3. The molecule has 0 aliphatic heterocycles. The molecule has 0 atom stereocenters. The van der Waals surface area contributed by atoms with Gasteiger partial charge in [-0.3, -0.25) is 14.5 Å². The number of hydrogen-bond acceptors (Lipinski definition) is 4. The van der Waals surface area contributed by atoms with Gasteiger partial charge in [0.2, 0.25) is 11.8 Å². The Morgan fingerprint density at radius 2 is 1.59 bits per heavy atom. The largest absolute Gasteiger partial charge is 0.322 e. The molecule has 0 saturated heterocycles. The number of carbonyl (C=O) groups excluding carboxylic acids is 2. The van der Waals surface area contributed by atoms with Crippen LogP contribution >= 0.6 is 23.2 Å². The Morgan fingerprint density at radius 3 is 2.25 bits per heavy atom. The number of anilines is 2. The number of hydrogen-bond donors (Lipinski definition) is 2. The lowest BCUT2D eigenvalue weighted by Gasteiger charge is -2.17. The van der Waals surface area contributed by atoms with Gasteiger partial charge < -0.3 is 10.6 Å². The Morgan fingerprint density at radius 1 is 0.969 bits per heavy atom. The molecule has 0 spiro atoms. The van der Waals surface area contributed by atoms with Crippen molar-refractivity contribution in [1.82, 2.24) is 14.7 Å². The van der Waals surface area contributed by atoms with Gasteiger partial charge >= 0.3 is 0 Å². The number of benzene rings is 2. The number of nitrogens with zero attached hydrogens (tertiary/aromatic N) is 3. The molecule has 0 bridgehead atoms. The van der Waals surface area contributed by atoms with E-state index in [9.17, 15) is 9.59 Å². The molecule has 0 aliphatic rings. The third-order valence-electron chi connectivity index (χ3n) is 4.75. The van der Waals surface area contributed by atoms with Crippen molar-refractivity contribution in [3.63, 3.8) is 0 Å². The summed E-state index contributed by atoms with van der Waals surface area (Å²) in [6.45, 7) is 5.88. The fourth-order valence-corrected chi connectivity index (χ4v) is 3.74. The Labute approximate surface area is 197 Å². The van der Waals surface area contributed by atoms with Crippen LogP contribution < -0.4 is 10.6 Å². The van der Waals surface area contributed by atoms with E-state index in [1.54, 1.807) is 34.8 Å². The molecule has 0 radical (unpaired) electrons. The first-order valence-corrected chi connectivity index (χ1v) is 10.8. The lowest BCUT2D eigenvalue weighted by molar-refractivity contribution is -0.119. The molecule has 9 heteroatoms. The minimum Gasteiger partial charge on any atom is -0.322 e. The zero-order valence-corrected chi connectivity index (χ0v) is 19.9. The van der Waals surface area contributed by atoms with E-state index in [4.69, 9.17) is 23.2 Å². The van der Waals surface area contributed by atoms with Gasteiger partial charge in [-0.25, -0.2) is 4.68 Å². The summed E-state index contributed by atoms with van der Waals surface area (Å²) in [5, 5.41) is 10.8. The fourth-order valence-electron chi connectivity index (χ4n) is 3.24. The molecule has 32 heavy (non-hydrogen) atoms. The molecule has 0 aliphatic carbocycles. The first-order valence-electron chi connectivity index (χ1n) is 10.0. The van der Waals surface area contributed by atoms with Crippen LogP contribution in [0.2, 0.25) is 10.0 Å². The van der Waals surface area contributed by atoms with Crippen LogP contribution in [0.4, 0.5) is 11.5 Å². The molecule has 0 fully saturated rings. The van der Waals surface area contributed by atoms with Crippen molar-refractivity contribution in [2.24, 2.45) is 0 Å². The molecule has 3 rings (SSSR count). The Kier molecular flexibility index (Phi) is 7.56. The second-order valence-electron chi connectivity index (χ2n) is 7.74. The highest BCUT2D eigenvalue weighted by atomic mass is 35.5. The van der Waals surface area contributed by atoms with Crippen molar-refractivity contribution >= 4 is 46.5 Å². The average Bonchev–Trinajstić information content (AvgIpc) is 3.06. The lowest BCUT2D eigenvalue weighted by atomic mass is 10.1. The monoisotopic (exact) mass is 473 g/mol. The van der Waals surface area contributed by atoms with Gasteiger partial charge in [0.15, 0.2) is 0 Å². The van der Waals surface area contributed by atoms with Gasteiger partial charge in [0.1, 0.15) is 5.82 Å². The highest BCUT2D eigenvalue weighted by Gasteiger charge is 2.16. The van der Waals surface area contributed by atoms with Crippen molar-refractivity contribution in [2.45, 2.75) is 20.8 Å². The Bertz CT molecular complexity index is 1140. The van der Waals surface area contributed by atoms with Crippen LogP contribution in [0.3, 0.4) is 0 Å². The minimum absolute atomic E-state index is 0.00967. The van der Waals surface area contributed by atoms with Crippen LogP contribution in [-0.4, -0.2) is 46.6 Å². The summed E-state index contributed by atoms with van der Waals surface area (Å²) < 4.78 is 1.72. The van der Waals surface area contributed by atoms with Crippen molar-refractivity contribution < 1.29 is 9.59 Å². The molecular weight excluding hydrogens is 449 g/mol. The topological polar surface area (TPSA) is 79.3 Å². The summed E-state index contributed by atoms with van der Waals surface area (Å²) in [4.78, 5) is 26.6. The number of carbonyl (C=O) groups is 2. The maximum Gasteiger partial charge on any atom is 0.239 e.